The first-order valence-electron chi connectivity index (χ1n) is 8.50. The molecule has 0 saturated heterocycles. The fourth-order valence-corrected chi connectivity index (χ4v) is 2.66. The van der Waals surface area contributed by atoms with Crippen LogP contribution in [0, 0.1) is 12.3 Å². The third kappa shape index (κ3) is 3.98. The fourth-order valence-electron chi connectivity index (χ4n) is 2.66. The summed E-state index contributed by atoms with van der Waals surface area (Å²) in [7, 11) is 0. The lowest BCUT2D eigenvalue weighted by atomic mass is 10.1. The molecule has 9 heteroatoms. The van der Waals surface area contributed by atoms with Crippen LogP contribution in [0.25, 0.3) is 0 Å². The standard InChI is InChI=1S/C17H22N6O3/c1-11-5-22-23(8-11)12(2)15(25)18-9-17(3-4-17)10-19-16(26)13-6-20-21-7-14(13)24/h5-8,12H,3-4,9-10H2,1-2H3,(H,18,25)(H,19,26)(H,20,24). The predicted octanol–water partition coefficient (Wildman–Crippen LogP) is 0.162. The summed E-state index contributed by atoms with van der Waals surface area (Å²) in [5.74, 6) is -0.553. The van der Waals surface area contributed by atoms with Crippen LogP contribution >= 0.6 is 0 Å². The summed E-state index contributed by atoms with van der Waals surface area (Å²) in [5, 5.41) is 15.9. The van der Waals surface area contributed by atoms with Gasteiger partial charge in [0.2, 0.25) is 11.3 Å². The minimum Gasteiger partial charge on any atom is -0.354 e. The highest BCUT2D eigenvalue weighted by Crippen LogP contribution is 2.44. The van der Waals surface area contributed by atoms with Gasteiger partial charge in [-0.3, -0.25) is 24.2 Å². The van der Waals surface area contributed by atoms with Crippen molar-refractivity contribution in [3.8, 4) is 0 Å². The van der Waals surface area contributed by atoms with Crippen molar-refractivity contribution in [3.63, 3.8) is 0 Å². The minimum absolute atomic E-state index is 0.0301. The van der Waals surface area contributed by atoms with Gasteiger partial charge >= 0.3 is 0 Å². The van der Waals surface area contributed by atoms with E-state index in [4.69, 9.17) is 0 Å². The minimum atomic E-state index is -0.438. The average molecular weight is 358 g/mol. The van der Waals surface area contributed by atoms with E-state index in [-0.39, 0.29) is 16.9 Å². The van der Waals surface area contributed by atoms with Crippen LogP contribution in [0.5, 0.6) is 0 Å². The summed E-state index contributed by atoms with van der Waals surface area (Å²) in [5.41, 5.74) is 0.451. The molecular weight excluding hydrogens is 336 g/mol. The molecule has 1 unspecified atom stereocenters. The van der Waals surface area contributed by atoms with Crippen LogP contribution < -0.4 is 16.1 Å². The first-order valence-corrected chi connectivity index (χ1v) is 8.50. The molecule has 9 nitrogen and oxygen atoms in total. The van der Waals surface area contributed by atoms with Gasteiger partial charge < -0.3 is 10.6 Å². The van der Waals surface area contributed by atoms with E-state index < -0.39 is 17.4 Å². The zero-order valence-corrected chi connectivity index (χ0v) is 14.8. The molecule has 26 heavy (non-hydrogen) atoms. The Morgan fingerprint density at radius 3 is 2.65 bits per heavy atom. The van der Waals surface area contributed by atoms with Crippen molar-refractivity contribution in [2.75, 3.05) is 13.1 Å². The second-order valence-corrected chi connectivity index (χ2v) is 6.88. The van der Waals surface area contributed by atoms with Crippen molar-refractivity contribution in [2.45, 2.75) is 32.7 Å². The van der Waals surface area contributed by atoms with E-state index in [0.29, 0.717) is 13.1 Å². The van der Waals surface area contributed by atoms with Crippen LogP contribution in [0.15, 0.2) is 29.6 Å². The Hall–Kier alpha value is -2.97. The van der Waals surface area contributed by atoms with Gasteiger partial charge in [0.25, 0.3) is 5.91 Å². The molecule has 0 aromatic carbocycles. The zero-order valence-electron chi connectivity index (χ0n) is 14.8. The number of aromatic nitrogens is 4. The number of nitrogens with zero attached hydrogens (tertiary/aromatic N) is 3. The van der Waals surface area contributed by atoms with Crippen molar-refractivity contribution in [2.24, 2.45) is 5.41 Å². The maximum Gasteiger partial charge on any atom is 0.256 e. The molecule has 2 aromatic heterocycles. The van der Waals surface area contributed by atoms with Gasteiger partial charge in [-0.2, -0.15) is 10.2 Å². The van der Waals surface area contributed by atoms with Gasteiger partial charge in [0.05, 0.1) is 12.4 Å². The molecule has 138 valence electrons. The van der Waals surface area contributed by atoms with E-state index in [0.717, 1.165) is 24.6 Å². The van der Waals surface area contributed by atoms with Gasteiger partial charge in [0.1, 0.15) is 11.6 Å². The number of amides is 2. The molecule has 0 spiro atoms. The van der Waals surface area contributed by atoms with E-state index >= 15 is 0 Å². The van der Waals surface area contributed by atoms with Crippen LogP contribution in [0.3, 0.4) is 0 Å². The molecule has 2 heterocycles. The molecule has 1 saturated carbocycles. The summed E-state index contributed by atoms with van der Waals surface area (Å²) in [6.07, 6.45) is 7.71. The normalized spacial score (nSPS) is 15.9. The maximum atomic E-state index is 12.3. The number of H-pyrrole nitrogens is 1. The molecule has 1 atom stereocenters. The van der Waals surface area contributed by atoms with Gasteiger partial charge in [-0.15, -0.1) is 0 Å². The quantitative estimate of drug-likeness (QED) is 0.651. The molecular formula is C17H22N6O3. The fraction of sp³-hybridized carbons (Fsp3) is 0.471. The number of aryl methyl sites for hydroxylation is 1. The van der Waals surface area contributed by atoms with Crippen LogP contribution in [0.1, 0.15) is 41.7 Å². The molecule has 1 aliphatic rings. The third-order valence-corrected chi connectivity index (χ3v) is 4.70. The molecule has 1 fully saturated rings. The second-order valence-electron chi connectivity index (χ2n) is 6.88. The van der Waals surface area contributed by atoms with E-state index in [2.05, 4.69) is 25.9 Å². The predicted molar refractivity (Wildman–Crippen MR) is 93.5 cm³/mol. The Balaban J connectivity index is 1.50. The summed E-state index contributed by atoms with van der Waals surface area (Å²) < 4.78 is 1.63. The highest BCUT2D eigenvalue weighted by molar-refractivity contribution is 5.93. The number of hydrogen-bond donors (Lipinski definition) is 3. The number of carbonyl (C=O) groups excluding carboxylic acids is 2. The highest BCUT2D eigenvalue weighted by atomic mass is 16.2. The Bertz CT molecular complexity index is 867. The average Bonchev–Trinajstić information content (AvgIpc) is 3.28. The molecule has 0 bridgehead atoms. The monoisotopic (exact) mass is 358 g/mol. The Labute approximate surface area is 150 Å². The van der Waals surface area contributed by atoms with Crippen LogP contribution in [-0.2, 0) is 4.79 Å². The van der Waals surface area contributed by atoms with E-state index in [9.17, 15) is 14.4 Å². The number of rotatable bonds is 7. The van der Waals surface area contributed by atoms with Gasteiger partial charge in [-0.1, -0.05) is 0 Å². The van der Waals surface area contributed by atoms with Crippen LogP contribution in [0.2, 0.25) is 0 Å². The Kier molecular flexibility index (Phi) is 4.88. The van der Waals surface area contributed by atoms with Crippen molar-refractivity contribution >= 4 is 11.8 Å². The van der Waals surface area contributed by atoms with E-state index in [1.807, 2.05) is 13.1 Å². The maximum absolute atomic E-state index is 12.3. The van der Waals surface area contributed by atoms with Crippen molar-refractivity contribution in [3.05, 3.63) is 46.1 Å². The van der Waals surface area contributed by atoms with Crippen molar-refractivity contribution < 1.29 is 9.59 Å². The van der Waals surface area contributed by atoms with Gasteiger partial charge in [0.15, 0.2) is 0 Å². The number of carbonyl (C=O) groups is 2. The summed E-state index contributed by atoms with van der Waals surface area (Å²) in [6, 6.07) is -0.399. The molecule has 2 amide bonds. The first kappa shape index (κ1) is 17.8. The number of hydrogen-bond acceptors (Lipinski definition) is 5. The summed E-state index contributed by atoms with van der Waals surface area (Å²) in [4.78, 5) is 36.1. The molecule has 3 rings (SSSR count). The highest BCUT2D eigenvalue weighted by Gasteiger charge is 2.43. The molecule has 2 aromatic rings. The van der Waals surface area contributed by atoms with Crippen molar-refractivity contribution in [1.29, 1.82) is 0 Å². The molecule has 3 N–H and O–H groups in total. The summed E-state index contributed by atoms with van der Waals surface area (Å²) in [6.45, 7) is 4.59. The number of aromatic amines is 1. The lowest BCUT2D eigenvalue weighted by molar-refractivity contribution is -0.124. The van der Waals surface area contributed by atoms with Gasteiger partial charge in [0, 0.05) is 30.9 Å². The lowest BCUT2D eigenvalue weighted by Gasteiger charge is -2.19. The largest absolute Gasteiger partial charge is 0.354 e. The lowest BCUT2D eigenvalue weighted by Crippen LogP contribution is -2.40. The SMILES string of the molecule is Cc1cnn(C(C)C(=O)NCC2(CNC(=O)c3c[nH]ncc3=O)CC2)c1. The smallest absolute Gasteiger partial charge is 0.256 e. The number of nitrogens with one attached hydrogen (secondary N) is 3. The Morgan fingerprint density at radius 1 is 1.31 bits per heavy atom. The van der Waals surface area contributed by atoms with Crippen LogP contribution in [-0.4, -0.2) is 44.9 Å². The zero-order chi connectivity index (χ0) is 18.7. The molecule has 0 aliphatic heterocycles. The van der Waals surface area contributed by atoms with Crippen molar-refractivity contribution in [1.82, 2.24) is 30.6 Å². The topological polar surface area (TPSA) is 122 Å². The van der Waals surface area contributed by atoms with E-state index in [1.165, 1.54) is 6.20 Å². The molecule has 0 radical (unpaired) electrons. The first-order chi connectivity index (χ1) is 12.4. The van der Waals surface area contributed by atoms with Gasteiger partial charge in [-0.05, 0) is 32.3 Å². The summed E-state index contributed by atoms with van der Waals surface area (Å²) >= 11 is 0. The Morgan fingerprint density at radius 2 is 2.04 bits per heavy atom. The van der Waals surface area contributed by atoms with E-state index in [1.54, 1.807) is 17.8 Å². The van der Waals surface area contributed by atoms with Crippen LogP contribution in [0.4, 0.5) is 0 Å². The second kappa shape index (κ2) is 7.11. The third-order valence-electron chi connectivity index (χ3n) is 4.70. The molecule has 1 aliphatic carbocycles. The van der Waals surface area contributed by atoms with Gasteiger partial charge in [-0.25, -0.2) is 0 Å².